The van der Waals surface area contributed by atoms with E-state index in [0.29, 0.717) is 6.04 Å². The second-order valence-corrected chi connectivity index (χ2v) is 5.73. The van der Waals surface area contributed by atoms with Crippen LogP contribution in [0.1, 0.15) is 46.0 Å². The molecular weight excluding hydrogens is 190 g/mol. The Morgan fingerprint density at radius 1 is 1.40 bits per heavy atom. The van der Waals surface area contributed by atoms with E-state index in [1.807, 2.05) is 0 Å². The lowest BCUT2D eigenvalue weighted by atomic mass is 9.76. The first-order chi connectivity index (χ1) is 7.05. The summed E-state index contributed by atoms with van der Waals surface area (Å²) >= 11 is 0. The smallest absolute Gasteiger partial charge is 0.0641 e. The van der Waals surface area contributed by atoms with Crippen molar-refractivity contribution >= 4 is 0 Å². The van der Waals surface area contributed by atoms with E-state index in [1.54, 1.807) is 0 Å². The Balaban J connectivity index is 1.88. The number of hydrogen-bond acceptors (Lipinski definition) is 3. The van der Waals surface area contributed by atoms with Gasteiger partial charge in [-0.2, -0.15) is 0 Å². The third-order valence-corrected chi connectivity index (χ3v) is 3.82. The number of hydrogen-bond donors (Lipinski definition) is 2. The Labute approximate surface area is 92.2 Å². The van der Waals surface area contributed by atoms with Gasteiger partial charge in [0.25, 0.3) is 0 Å². The molecule has 0 bridgehead atoms. The molecular formula is C12H23NO2. The van der Waals surface area contributed by atoms with Crippen molar-refractivity contribution < 1.29 is 9.84 Å². The lowest BCUT2D eigenvalue weighted by molar-refractivity contribution is -0.0720. The second-order valence-electron chi connectivity index (χ2n) is 5.73. The molecule has 88 valence electrons. The molecule has 1 saturated carbocycles. The molecule has 2 fully saturated rings. The number of aliphatic hydroxyl groups excluding tert-OH is 1. The third-order valence-electron chi connectivity index (χ3n) is 3.82. The molecule has 3 heteroatoms. The molecule has 2 rings (SSSR count). The summed E-state index contributed by atoms with van der Waals surface area (Å²) in [7, 11) is 0. The summed E-state index contributed by atoms with van der Waals surface area (Å²) in [5.41, 5.74) is 0.0361. The van der Waals surface area contributed by atoms with Gasteiger partial charge in [-0.05, 0) is 46.0 Å². The Hall–Kier alpha value is -0.120. The van der Waals surface area contributed by atoms with E-state index in [0.717, 1.165) is 32.3 Å². The van der Waals surface area contributed by atoms with E-state index in [1.165, 1.54) is 6.42 Å². The Kier molecular flexibility index (Phi) is 3.06. The Morgan fingerprint density at radius 3 is 2.60 bits per heavy atom. The van der Waals surface area contributed by atoms with Crippen LogP contribution >= 0.6 is 0 Å². The average molecular weight is 213 g/mol. The van der Waals surface area contributed by atoms with Gasteiger partial charge < -0.3 is 15.2 Å². The highest BCUT2D eigenvalue weighted by atomic mass is 16.5. The maximum absolute atomic E-state index is 9.40. The van der Waals surface area contributed by atoms with Crippen molar-refractivity contribution in [2.45, 2.75) is 63.1 Å². The number of ether oxygens (including phenoxy) is 1. The first kappa shape index (κ1) is 11.4. The van der Waals surface area contributed by atoms with Crippen LogP contribution in [-0.2, 0) is 4.74 Å². The predicted octanol–water partition coefficient (Wildman–Crippen LogP) is 1.45. The van der Waals surface area contributed by atoms with Crippen molar-refractivity contribution in [2.75, 3.05) is 13.2 Å². The van der Waals surface area contributed by atoms with Crippen LogP contribution in [-0.4, -0.2) is 35.5 Å². The lowest BCUT2D eigenvalue weighted by Gasteiger charge is -2.46. The van der Waals surface area contributed by atoms with Gasteiger partial charge in [0.05, 0.1) is 12.2 Å². The summed E-state index contributed by atoms with van der Waals surface area (Å²) in [4.78, 5) is 0. The molecule has 0 aromatic heterocycles. The van der Waals surface area contributed by atoms with E-state index < -0.39 is 0 Å². The summed E-state index contributed by atoms with van der Waals surface area (Å²) in [6.45, 7) is 5.41. The van der Waals surface area contributed by atoms with Crippen molar-refractivity contribution in [3.05, 3.63) is 0 Å². The van der Waals surface area contributed by atoms with Crippen LogP contribution in [0.3, 0.4) is 0 Å². The molecule has 1 atom stereocenters. The zero-order valence-electron chi connectivity index (χ0n) is 9.88. The van der Waals surface area contributed by atoms with Gasteiger partial charge >= 0.3 is 0 Å². The van der Waals surface area contributed by atoms with Crippen LogP contribution in [0.25, 0.3) is 0 Å². The zero-order valence-corrected chi connectivity index (χ0v) is 9.88. The summed E-state index contributed by atoms with van der Waals surface area (Å²) in [6.07, 6.45) is 5.63. The average Bonchev–Trinajstić information content (AvgIpc) is 2.10. The maximum atomic E-state index is 9.40. The summed E-state index contributed by atoms with van der Waals surface area (Å²) in [5, 5.41) is 13.0. The van der Waals surface area contributed by atoms with Gasteiger partial charge in [-0.25, -0.2) is 0 Å². The Morgan fingerprint density at radius 2 is 2.13 bits per heavy atom. The SMILES string of the molecule is CC1(C)CC(NC2(CO)CCC2)CCO1. The fourth-order valence-electron chi connectivity index (χ4n) is 2.74. The van der Waals surface area contributed by atoms with Gasteiger partial charge in [0.2, 0.25) is 0 Å². The highest BCUT2D eigenvalue weighted by Gasteiger charge is 2.40. The molecule has 15 heavy (non-hydrogen) atoms. The van der Waals surface area contributed by atoms with Crippen molar-refractivity contribution in [3.63, 3.8) is 0 Å². The van der Waals surface area contributed by atoms with E-state index in [-0.39, 0.29) is 17.7 Å². The molecule has 1 saturated heterocycles. The van der Waals surface area contributed by atoms with E-state index in [2.05, 4.69) is 19.2 Å². The molecule has 0 amide bonds. The molecule has 1 unspecified atom stereocenters. The molecule has 0 aromatic rings. The van der Waals surface area contributed by atoms with E-state index in [4.69, 9.17) is 4.74 Å². The van der Waals surface area contributed by atoms with Gasteiger partial charge in [-0.15, -0.1) is 0 Å². The van der Waals surface area contributed by atoms with Crippen LogP contribution in [0.2, 0.25) is 0 Å². The monoisotopic (exact) mass is 213 g/mol. The molecule has 2 N–H and O–H groups in total. The number of rotatable bonds is 3. The molecule has 0 spiro atoms. The molecule has 2 aliphatic rings. The lowest BCUT2D eigenvalue weighted by Crippen LogP contribution is -2.59. The fraction of sp³-hybridized carbons (Fsp3) is 1.00. The first-order valence-corrected chi connectivity index (χ1v) is 6.08. The predicted molar refractivity (Wildman–Crippen MR) is 59.9 cm³/mol. The van der Waals surface area contributed by atoms with E-state index in [9.17, 15) is 5.11 Å². The molecule has 3 nitrogen and oxygen atoms in total. The molecule has 0 radical (unpaired) electrons. The Bertz CT molecular complexity index is 218. The summed E-state index contributed by atoms with van der Waals surface area (Å²) in [6, 6.07) is 0.515. The van der Waals surface area contributed by atoms with Crippen LogP contribution in [0.4, 0.5) is 0 Å². The van der Waals surface area contributed by atoms with Gasteiger partial charge in [-0.1, -0.05) is 0 Å². The number of nitrogens with one attached hydrogen (secondary N) is 1. The van der Waals surface area contributed by atoms with Gasteiger partial charge in [-0.3, -0.25) is 0 Å². The normalized spacial score (nSPS) is 33.4. The van der Waals surface area contributed by atoms with Gasteiger partial charge in [0, 0.05) is 18.2 Å². The maximum Gasteiger partial charge on any atom is 0.0641 e. The molecule has 1 heterocycles. The molecule has 1 aliphatic carbocycles. The largest absolute Gasteiger partial charge is 0.394 e. The van der Waals surface area contributed by atoms with Crippen LogP contribution in [0.15, 0.2) is 0 Å². The minimum absolute atomic E-state index is 0.00366. The number of aliphatic hydroxyl groups is 1. The first-order valence-electron chi connectivity index (χ1n) is 6.08. The van der Waals surface area contributed by atoms with Gasteiger partial charge in [0.15, 0.2) is 0 Å². The highest BCUT2D eigenvalue weighted by Crippen LogP contribution is 2.34. The molecule has 0 aromatic carbocycles. The summed E-state index contributed by atoms with van der Waals surface area (Å²) in [5.74, 6) is 0. The molecule has 1 aliphatic heterocycles. The zero-order chi connectivity index (χ0) is 10.9. The van der Waals surface area contributed by atoms with Crippen LogP contribution in [0, 0.1) is 0 Å². The van der Waals surface area contributed by atoms with Crippen molar-refractivity contribution in [2.24, 2.45) is 0 Å². The highest BCUT2D eigenvalue weighted by molar-refractivity contribution is 4.99. The standard InChI is InChI=1S/C12H23NO2/c1-11(2)8-10(4-7-15-11)13-12(9-14)5-3-6-12/h10,13-14H,3-9H2,1-2H3. The van der Waals surface area contributed by atoms with Gasteiger partial charge in [0.1, 0.15) is 0 Å². The van der Waals surface area contributed by atoms with Crippen LogP contribution in [0.5, 0.6) is 0 Å². The fourth-order valence-corrected chi connectivity index (χ4v) is 2.74. The topological polar surface area (TPSA) is 41.5 Å². The minimum atomic E-state index is -0.00366. The minimum Gasteiger partial charge on any atom is -0.394 e. The van der Waals surface area contributed by atoms with Crippen LogP contribution < -0.4 is 5.32 Å². The summed E-state index contributed by atoms with van der Waals surface area (Å²) < 4.78 is 5.69. The third kappa shape index (κ3) is 2.52. The van der Waals surface area contributed by atoms with Crippen molar-refractivity contribution in [1.82, 2.24) is 5.32 Å². The second kappa shape index (κ2) is 4.04. The van der Waals surface area contributed by atoms with E-state index >= 15 is 0 Å². The van der Waals surface area contributed by atoms with Crippen molar-refractivity contribution in [3.8, 4) is 0 Å². The quantitative estimate of drug-likeness (QED) is 0.745. The van der Waals surface area contributed by atoms with Crippen molar-refractivity contribution in [1.29, 1.82) is 0 Å².